The maximum atomic E-state index is 11.3. The van der Waals surface area contributed by atoms with Gasteiger partial charge >= 0.3 is 0 Å². The fraction of sp³-hybridized carbons (Fsp3) is 0.889. The van der Waals surface area contributed by atoms with Crippen LogP contribution in [0.4, 0.5) is 0 Å². The van der Waals surface area contributed by atoms with E-state index in [0.29, 0.717) is 19.8 Å². The lowest BCUT2D eigenvalue weighted by Gasteiger charge is -2.19. The summed E-state index contributed by atoms with van der Waals surface area (Å²) in [7, 11) is 3.30. The summed E-state index contributed by atoms with van der Waals surface area (Å²) in [5.74, 6) is -0.0570. The van der Waals surface area contributed by atoms with Gasteiger partial charge in [-0.15, -0.1) is 0 Å². The molecular formula is C9H20N2O3. The Balaban J connectivity index is 3.52. The van der Waals surface area contributed by atoms with Crippen molar-refractivity contribution in [1.29, 1.82) is 0 Å². The van der Waals surface area contributed by atoms with Gasteiger partial charge in [0.2, 0.25) is 5.91 Å². The lowest BCUT2D eigenvalue weighted by molar-refractivity contribution is -0.135. The summed E-state index contributed by atoms with van der Waals surface area (Å²) in [6.07, 6.45) is 0. The summed E-state index contributed by atoms with van der Waals surface area (Å²) < 4.78 is 9.86. The van der Waals surface area contributed by atoms with Crippen LogP contribution >= 0.6 is 0 Å². The minimum absolute atomic E-state index is 0.0112. The minimum Gasteiger partial charge on any atom is -0.382 e. The van der Waals surface area contributed by atoms with Gasteiger partial charge in [-0.05, 0) is 6.92 Å². The van der Waals surface area contributed by atoms with Gasteiger partial charge in [-0.2, -0.15) is 0 Å². The summed E-state index contributed by atoms with van der Waals surface area (Å²) >= 11 is 0. The maximum absolute atomic E-state index is 11.3. The number of likely N-dealkylation sites (N-methyl/N-ethyl adjacent to an activating group) is 1. The van der Waals surface area contributed by atoms with Crippen LogP contribution in [0.2, 0.25) is 0 Å². The predicted molar refractivity (Wildman–Crippen MR) is 54.0 cm³/mol. The van der Waals surface area contributed by atoms with Crippen molar-refractivity contribution in [2.75, 3.05) is 40.5 Å². The van der Waals surface area contributed by atoms with Crippen molar-refractivity contribution in [2.24, 2.45) is 5.73 Å². The van der Waals surface area contributed by atoms with Gasteiger partial charge in [0, 0.05) is 26.7 Å². The zero-order valence-electron chi connectivity index (χ0n) is 9.16. The van der Waals surface area contributed by atoms with Gasteiger partial charge in [0.25, 0.3) is 0 Å². The highest BCUT2D eigenvalue weighted by Crippen LogP contribution is 1.89. The molecule has 14 heavy (non-hydrogen) atoms. The number of nitrogens with zero attached hydrogens (tertiary/aromatic N) is 1. The molecule has 0 aliphatic rings. The largest absolute Gasteiger partial charge is 0.382 e. The molecule has 0 aliphatic carbocycles. The number of carbonyl (C=O) groups excluding carboxylic acids is 1. The molecule has 0 fully saturated rings. The number of carbonyl (C=O) groups is 1. The van der Waals surface area contributed by atoms with E-state index in [0.717, 1.165) is 0 Å². The molecule has 1 atom stereocenters. The van der Waals surface area contributed by atoms with Crippen LogP contribution in [0.1, 0.15) is 6.92 Å². The maximum Gasteiger partial charge on any atom is 0.248 e. The Labute approximate surface area is 85.1 Å². The fourth-order valence-corrected chi connectivity index (χ4v) is 0.946. The average molecular weight is 204 g/mol. The second-order valence-corrected chi connectivity index (χ2v) is 3.30. The van der Waals surface area contributed by atoms with Crippen LogP contribution < -0.4 is 5.73 Å². The molecule has 0 aliphatic heterocycles. The molecule has 1 amide bonds. The third kappa shape index (κ3) is 6.82. The van der Waals surface area contributed by atoms with Crippen molar-refractivity contribution in [3.63, 3.8) is 0 Å². The van der Waals surface area contributed by atoms with Gasteiger partial charge in [0.1, 0.15) is 6.61 Å². The van der Waals surface area contributed by atoms with E-state index in [-0.39, 0.29) is 18.6 Å². The second kappa shape index (κ2) is 7.73. The first-order valence-corrected chi connectivity index (χ1v) is 4.64. The molecule has 0 rings (SSSR count). The lowest BCUT2D eigenvalue weighted by Crippen LogP contribution is -2.38. The van der Waals surface area contributed by atoms with E-state index in [1.54, 1.807) is 19.1 Å². The molecule has 0 saturated heterocycles. The Hall–Kier alpha value is -0.650. The molecule has 0 aromatic carbocycles. The molecule has 5 heteroatoms. The number of methoxy groups -OCH3 is 1. The number of nitrogens with two attached hydrogens (primary N) is 1. The number of rotatable bonds is 7. The summed E-state index contributed by atoms with van der Waals surface area (Å²) in [5.41, 5.74) is 5.55. The third-order valence-corrected chi connectivity index (χ3v) is 1.64. The lowest BCUT2D eigenvalue weighted by atomic mass is 10.3. The molecule has 0 bridgehead atoms. The highest BCUT2D eigenvalue weighted by molar-refractivity contribution is 5.77. The smallest absolute Gasteiger partial charge is 0.248 e. The van der Waals surface area contributed by atoms with Crippen molar-refractivity contribution >= 4 is 5.91 Å². The van der Waals surface area contributed by atoms with E-state index < -0.39 is 0 Å². The highest BCUT2D eigenvalue weighted by atomic mass is 16.5. The van der Waals surface area contributed by atoms with Crippen LogP contribution in [-0.4, -0.2) is 57.4 Å². The van der Waals surface area contributed by atoms with Crippen LogP contribution in [0.3, 0.4) is 0 Å². The molecule has 0 saturated carbocycles. The van der Waals surface area contributed by atoms with Crippen LogP contribution in [0.5, 0.6) is 0 Å². The Morgan fingerprint density at radius 3 is 2.64 bits per heavy atom. The number of amides is 1. The summed E-state index contributed by atoms with van der Waals surface area (Å²) in [4.78, 5) is 12.9. The molecule has 0 heterocycles. The van der Waals surface area contributed by atoms with E-state index in [1.807, 2.05) is 6.92 Å². The van der Waals surface area contributed by atoms with E-state index in [2.05, 4.69) is 0 Å². The van der Waals surface area contributed by atoms with Crippen LogP contribution in [0, 0.1) is 0 Å². The van der Waals surface area contributed by atoms with Crippen molar-refractivity contribution in [3.8, 4) is 0 Å². The van der Waals surface area contributed by atoms with Crippen LogP contribution in [0.15, 0.2) is 0 Å². The van der Waals surface area contributed by atoms with Gasteiger partial charge in [-0.3, -0.25) is 4.79 Å². The fourth-order valence-electron chi connectivity index (χ4n) is 0.946. The minimum atomic E-state index is -0.0570. The Kier molecular flexibility index (Phi) is 7.37. The summed E-state index contributed by atoms with van der Waals surface area (Å²) in [6, 6.07) is -0.0112. The van der Waals surface area contributed by atoms with E-state index in [9.17, 15) is 4.79 Å². The number of ether oxygens (including phenoxy) is 2. The van der Waals surface area contributed by atoms with Gasteiger partial charge in [-0.1, -0.05) is 0 Å². The molecule has 5 nitrogen and oxygen atoms in total. The Morgan fingerprint density at radius 2 is 2.14 bits per heavy atom. The van der Waals surface area contributed by atoms with Crippen molar-refractivity contribution in [3.05, 3.63) is 0 Å². The molecular weight excluding hydrogens is 184 g/mol. The van der Waals surface area contributed by atoms with Gasteiger partial charge < -0.3 is 20.1 Å². The predicted octanol–water partition coefficient (Wildman–Crippen LogP) is -0.545. The van der Waals surface area contributed by atoms with Gasteiger partial charge in [0.15, 0.2) is 0 Å². The zero-order valence-corrected chi connectivity index (χ0v) is 9.16. The number of hydrogen-bond donors (Lipinski definition) is 1. The molecule has 0 aromatic rings. The topological polar surface area (TPSA) is 64.8 Å². The van der Waals surface area contributed by atoms with Gasteiger partial charge in [-0.25, -0.2) is 0 Å². The SMILES string of the molecule is COCCOCC(=O)N(C)CC(C)N. The van der Waals surface area contributed by atoms with E-state index >= 15 is 0 Å². The number of hydrogen-bond acceptors (Lipinski definition) is 4. The quantitative estimate of drug-likeness (QED) is 0.565. The summed E-state index contributed by atoms with van der Waals surface area (Å²) in [5, 5.41) is 0. The first-order valence-electron chi connectivity index (χ1n) is 4.64. The summed E-state index contributed by atoms with van der Waals surface area (Å²) in [6.45, 7) is 3.44. The normalized spacial score (nSPS) is 12.6. The van der Waals surface area contributed by atoms with Crippen LogP contribution in [0.25, 0.3) is 0 Å². The third-order valence-electron chi connectivity index (χ3n) is 1.64. The monoisotopic (exact) mass is 204 g/mol. The molecule has 0 spiro atoms. The highest BCUT2D eigenvalue weighted by Gasteiger charge is 2.09. The first kappa shape index (κ1) is 13.4. The van der Waals surface area contributed by atoms with Crippen molar-refractivity contribution < 1.29 is 14.3 Å². The molecule has 2 N–H and O–H groups in total. The molecule has 0 aromatic heterocycles. The zero-order chi connectivity index (χ0) is 11.0. The molecule has 1 unspecified atom stereocenters. The average Bonchev–Trinajstić information content (AvgIpc) is 2.11. The van der Waals surface area contributed by atoms with Gasteiger partial charge in [0.05, 0.1) is 13.2 Å². The second-order valence-electron chi connectivity index (χ2n) is 3.30. The van der Waals surface area contributed by atoms with Crippen LogP contribution in [-0.2, 0) is 14.3 Å². The van der Waals surface area contributed by atoms with E-state index in [1.165, 1.54) is 0 Å². The van der Waals surface area contributed by atoms with Crippen molar-refractivity contribution in [2.45, 2.75) is 13.0 Å². The Bertz CT molecular complexity index is 162. The Morgan fingerprint density at radius 1 is 1.50 bits per heavy atom. The van der Waals surface area contributed by atoms with E-state index in [4.69, 9.17) is 15.2 Å². The molecule has 84 valence electrons. The standard InChI is InChI=1S/C9H20N2O3/c1-8(10)6-11(2)9(12)7-14-5-4-13-3/h8H,4-7,10H2,1-3H3. The first-order chi connectivity index (χ1) is 6.57. The van der Waals surface area contributed by atoms with Crippen molar-refractivity contribution in [1.82, 2.24) is 4.90 Å². The molecule has 0 radical (unpaired) electrons.